The van der Waals surface area contributed by atoms with Crippen molar-refractivity contribution in [1.29, 1.82) is 0 Å². The minimum absolute atomic E-state index is 0.184. The summed E-state index contributed by atoms with van der Waals surface area (Å²) in [7, 11) is 0. The van der Waals surface area contributed by atoms with Crippen LogP contribution >= 0.6 is 0 Å². The van der Waals surface area contributed by atoms with E-state index in [1.54, 1.807) is 6.07 Å². The number of ether oxygens (including phenoxy) is 1. The van der Waals surface area contributed by atoms with E-state index >= 15 is 0 Å². The van der Waals surface area contributed by atoms with Crippen molar-refractivity contribution in [3.05, 3.63) is 24.3 Å². The third-order valence-electron chi connectivity index (χ3n) is 2.63. The first-order valence-corrected chi connectivity index (χ1v) is 6.14. The van der Waals surface area contributed by atoms with Gasteiger partial charge in [0.15, 0.2) is 0 Å². The lowest BCUT2D eigenvalue weighted by molar-refractivity contribution is -0.119. The lowest BCUT2D eigenvalue weighted by atomic mass is 9.87. The van der Waals surface area contributed by atoms with Gasteiger partial charge in [0.2, 0.25) is 5.91 Å². The van der Waals surface area contributed by atoms with Crippen molar-refractivity contribution in [1.82, 2.24) is 0 Å². The molecule has 0 fully saturated rings. The summed E-state index contributed by atoms with van der Waals surface area (Å²) in [4.78, 5) is 12.0. The first kappa shape index (κ1) is 14.5. The highest BCUT2D eigenvalue weighted by atomic mass is 16.5. The molecular formula is C14H22N2O2. The number of carbonyl (C=O) groups is 1. The zero-order chi connectivity index (χ0) is 13.8. The summed E-state index contributed by atoms with van der Waals surface area (Å²) < 4.78 is 5.37. The number of hydrogen-bond acceptors (Lipinski definition) is 3. The summed E-state index contributed by atoms with van der Waals surface area (Å²) in [6.07, 6.45) is 0. The molecule has 0 heterocycles. The second-order valence-corrected chi connectivity index (χ2v) is 5.29. The molecule has 100 valence electrons. The van der Waals surface area contributed by atoms with E-state index in [9.17, 15) is 4.79 Å². The van der Waals surface area contributed by atoms with Gasteiger partial charge in [0.05, 0.1) is 12.6 Å². The largest absolute Gasteiger partial charge is 0.494 e. The number of amides is 1. The van der Waals surface area contributed by atoms with Gasteiger partial charge in [-0.05, 0) is 24.5 Å². The average molecular weight is 250 g/mol. The van der Waals surface area contributed by atoms with E-state index in [1.165, 1.54) is 0 Å². The van der Waals surface area contributed by atoms with Gasteiger partial charge in [-0.2, -0.15) is 0 Å². The summed E-state index contributed by atoms with van der Waals surface area (Å²) in [5.74, 6) is 0.552. The topological polar surface area (TPSA) is 64.3 Å². The van der Waals surface area contributed by atoms with E-state index in [4.69, 9.17) is 10.5 Å². The molecule has 0 aromatic heterocycles. The molecule has 18 heavy (non-hydrogen) atoms. The lowest BCUT2D eigenvalue weighted by Gasteiger charge is -2.25. The molecule has 0 radical (unpaired) electrons. The highest BCUT2D eigenvalue weighted by Crippen LogP contribution is 2.21. The molecule has 1 unspecified atom stereocenters. The van der Waals surface area contributed by atoms with Crippen LogP contribution in [-0.4, -0.2) is 18.6 Å². The van der Waals surface area contributed by atoms with E-state index in [-0.39, 0.29) is 11.3 Å². The van der Waals surface area contributed by atoms with Crippen LogP contribution in [-0.2, 0) is 4.79 Å². The molecule has 0 spiro atoms. The number of carbonyl (C=O) groups excluding carboxylic acids is 1. The Bertz CT molecular complexity index is 411. The van der Waals surface area contributed by atoms with Gasteiger partial charge in [-0.15, -0.1) is 0 Å². The Labute approximate surface area is 109 Å². The quantitative estimate of drug-likeness (QED) is 0.862. The third-order valence-corrected chi connectivity index (χ3v) is 2.63. The standard InChI is InChI=1S/C14H22N2O2/c1-5-18-11-8-6-7-10(9-11)16-13(17)12(15)14(2,3)4/h6-9,12H,5,15H2,1-4H3,(H,16,17). The molecule has 1 atom stereocenters. The van der Waals surface area contributed by atoms with Crippen molar-refractivity contribution in [2.24, 2.45) is 11.1 Å². The van der Waals surface area contributed by atoms with Gasteiger partial charge in [0.25, 0.3) is 0 Å². The maximum absolute atomic E-state index is 12.0. The fraction of sp³-hybridized carbons (Fsp3) is 0.500. The normalized spacial score (nSPS) is 12.9. The Morgan fingerprint density at radius 1 is 1.44 bits per heavy atom. The van der Waals surface area contributed by atoms with Crippen LogP contribution in [0.4, 0.5) is 5.69 Å². The van der Waals surface area contributed by atoms with Crippen molar-refractivity contribution in [2.75, 3.05) is 11.9 Å². The maximum Gasteiger partial charge on any atom is 0.241 e. The van der Waals surface area contributed by atoms with Crippen LogP contribution in [0.2, 0.25) is 0 Å². The smallest absolute Gasteiger partial charge is 0.241 e. The predicted octanol–water partition coefficient (Wildman–Crippen LogP) is 2.40. The van der Waals surface area contributed by atoms with Gasteiger partial charge in [0.1, 0.15) is 5.75 Å². The summed E-state index contributed by atoms with van der Waals surface area (Å²) in [6, 6.07) is 6.74. The minimum Gasteiger partial charge on any atom is -0.494 e. The Morgan fingerprint density at radius 3 is 2.67 bits per heavy atom. The summed E-state index contributed by atoms with van der Waals surface area (Å²) in [5.41, 5.74) is 6.33. The van der Waals surface area contributed by atoms with Crippen LogP contribution in [0.5, 0.6) is 5.75 Å². The van der Waals surface area contributed by atoms with E-state index < -0.39 is 6.04 Å². The van der Waals surface area contributed by atoms with Gasteiger partial charge >= 0.3 is 0 Å². The molecule has 0 bridgehead atoms. The van der Waals surface area contributed by atoms with Gasteiger partial charge in [-0.3, -0.25) is 4.79 Å². The Hall–Kier alpha value is -1.55. The zero-order valence-electron chi connectivity index (χ0n) is 11.5. The van der Waals surface area contributed by atoms with Crippen LogP contribution in [0.25, 0.3) is 0 Å². The van der Waals surface area contributed by atoms with Crippen molar-refractivity contribution in [2.45, 2.75) is 33.7 Å². The molecule has 1 aromatic rings. The second kappa shape index (κ2) is 5.87. The molecule has 0 aliphatic rings. The molecule has 3 N–H and O–H groups in total. The Kier molecular flexibility index (Phi) is 4.73. The first-order chi connectivity index (χ1) is 8.34. The number of nitrogens with two attached hydrogens (primary N) is 1. The van der Waals surface area contributed by atoms with Crippen molar-refractivity contribution < 1.29 is 9.53 Å². The number of hydrogen-bond donors (Lipinski definition) is 2. The maximum atomic E-state index is 12.0. The molecule has 0 saturated heterocycles. The minimum atomic E-state index is -0.548. The average Bonchev–Trinajstić information content (AvgIpc) is 2.27. The highest BCUT2D eigenvalue weighted by molar-refractivity contribution is 5.95. The summed E-state index contributed by atoms with van der Waals surface area (Å²) in [5, 5.41) is 2.80. The predicted molar refractivity (Wildman–Crippen MR) is 73.7 cm³/mol. The van der Waals surface area contributed by atoms with Crippen LogP contribution in [0.15, 0.2) is 24.3 Å². The van der Waals surface area contributed by atoms with Gasteiger partial charge in [0, 0.05) is 11.8 Å². The SMILES string of the molecule is CCOc1cccc(NC(=O)C(N)C(C)(C)C)c1. The van der Waals surface area contributed by atoms with Gasteiger partial charge in [-0.25, -0.2) is 0 Å². The van der Waals surface area contributed by atoms with E-state index in [0.717, 1.165) is 5.75 Å². The number of anilines is 1. The van der Waals surface area contributed by atoms with Crippen LogP contribution in [0.1, 0.15) is 27.7 Å². The van der Waals surface area contributed by atoms with Crippen LogP contribution < -0.4 is 15.8 Å². The molecule has 4 nitrogen and oxygen atoms in total. The van der Waals surface area contributed by atoms with Gasteiger partial charge < -0.3 is 15.8 Å². The van der Waals surface area contributed by atoms with E-state index in [1.807, 2.05) is 45.9 Å². The number of benzene rings is 1. The second-order valence-electron chi connectivity index (χ2n) is 5.29. The molecule has 0 aliphatic carbocycles. The van der Waals surface area contributed by atoms with Crippen molar-refractivity contribution >= 4 is 11.6 Å². The van der Waals surface area contributed by atoms with E-state index in [2.05, 4.69) is 5.32 Å². The monoisotopic (exact) mass is 250 g/mol. The highest BCUT2D eigenvalue weighted by Gasteiger charge is 2.27. The zero-order valence-corrected chi connectivity index (χ0v) is 11.5. The number of rotatable bonds is 4. The van der Waals surface area contributed by atoms with Crippen LogP contribution in [0.3, 0.4) is 0 Å². The van der Waals surface area contributed by atoms with E-state index in [0.29, 0.717) is 12.3 Å². The van der Waals surface area contributed by atoms with Crippen molar-refractivity contribution in [3.63, 3.8) is 0 Å². The third kappa shape index (κ3) is 4.04. The summed E-state index contributed by atoms with van der Waals surface area (Å²) in [6.45, 7) is 8.33. The van der Waals surface area contributed by atoms with Crippen LogP contribution in [0, 0.1) is 5.41 Å². The fourth-order valence-corrected chi connectivity index (χ4v) is 1.44. The number of nitrogens with one attached hydrogen (secondary N) is 1. The summed E-state index contributed by atoms with van der Waals surface area (Å²) >= 11 is 0. The molecule has 1 rings (SSSR count). The molecule has 0 saturated carbocycles. The lowest BCUT2D eigenvalue weighted by Crippen LogP contribution is -2.45. The Morgan fingerprint density at radius 2 is 2.11 bits per heavy atom. The first-order valence-electron chi connectivity index (χ1n) is 6.14. The molecule has 1 amide bonds. The Balaban J connectivity index is 2.73. The molecule has 0 aliphatic heterocycles. The fourth-order valence-electron chi connectivity index (χ4n) is 1.44. The van der Waals surface area contributed by atoms with Gasteiger partial charge in [-0.1, -0.05) is 26.8 Å². The van der Waals surface area contributed by atoms with Crippen molar-refractivity contribution in [3.8, 4) is 5.75 Å². The molecule has 1 aromatic carbocycles. The molecular weight excluding hydrogens is 228 g/mol. The molecule has 4 heteroatoms.